The van der Waals surface area contributed by atoms with Gasteiger partial charge in [-0.25, -0.2) is 9.59 Å². The van der Waals surface area contributed by atoms with E-state index in [9.17, 15) is 9.59 Å². The van der Waals surface area contributed by atoms with Crippen LogP contribution in [0.5, 0.6) is 0 Å². The van der Waals surface area contributed by atoms with Crippen molar-refractivity contribution in [2.24, 2.45) is 0 Å². The van der Waals surface area contributed by atoms with Crippen LogP contribution in [0.1, 0.15) is 11.1 Å². The van der Waals surface area contributed by atoms with Crippen LogP contribution in [0.3, 0.4) is 0 Å². The zero-order valence-corrected chi connectivity index (χ0v) is 13.7. The van der Waals surface area contributed by atoms with E-state index in [0.29, 0.717) is 11.1 Å². The Kier molecular flexibility index (Phi) is 4.40. The Bertz CT molecular complexity index is 786. The molecule has 0 spiro atoms. The Morgan fingerprint density at radius 2 is 1.67 bits per heavy atom. The minimum atomic E-state index is -1.73. The van der Waals surface area contributed by atoms with E-state index in [1.54, 1.807) is 30.3 Å². The van der Waals surface area contributed by atoms with Crippen molar-refractivity contribution in [2.45, 2.75) is 11.0 Å². The Hall–Kier alpha value is -2.59. The minimum absolute atomic E-state index is 0.465. The number of methoxy groups -OCH3 is 1. The first-order chi connectivity index (χ1) is 11.6. The van der Waals surface area contributed by atoms with E-state index in [1.807, 2.05) is 30.3 Å². The van der Waals surface area contributed by atoms with Crippen molar-refractivity contribution in [3.63, 3.8) is 0 Å². The standard InChI is InChI=1S/C19H15ClO4/c1-23-18(22)19(14-10-6-3-7-11-14)17(20)15(12-16(21)24-19)13-8-4-2-5-9-13/h2-12,17H,1H3/t17-,19-/m1/s1. The normalized spacial score (nSPS) is 23.2. The van der Waals surface area contributed by atoms with E-state index in [2.05, 4.69) is 0 Å². The number of rotatable bonds is 3. The summed E-state index contributed by atoms with van der Waals surface area (Å²) >= 11 is 6.67. The van der Waals surface area contributed by atoms with Crippen LogP contribution in [0.15, 0.2) is 66.7 Å². The molecule has 1 heterocycles. The van der Waals surface area contributed by atoms with Gasteiger partial charge in [0, 0.05) is 11.6 Å². The van der Waals surface area contributed by atoms with E-state index in [1.165, 1.54) is 13.2 Å². The molecule has 1 aliphatic rings. The van der Waals surface area contributed by atoms with Crippen LogP contribution < -0.4 is 0 Å². The second-order valence-corrected chi connectivity index (χ2v) is 5.78. The Morgan fingerprint density at radius 3 is 2.25 bits per heavy atom. The third-order valence-electron chi connectivity index (χ3n) is 3.96. The van der Waals surface area contributed by atoms with Crippen molar-refractivity contribution in [1.29, 1.82) is 0 Å². The number of benzene rings is 2. The van der Waals surface area contributed by atoms with Gasteiger partial charge < -0.3 is 9.47 Å². The number of ether oxygens (including phenoxy) is 2. The summed E-state index contributed by atoms with van der Waals surface area (Å²) in [5, 5.41) is -0.924. The molecule has 0 saturated heterocycles. The lowest BCUT2D eigenvalue weighted by Gasteiger charge is -2.38. The summed E-state index contributed by atoms with van der Waals surface area (Å²) in [5.41, 5.74) is 0.00189. The number of carbonyl (C=O) groups is 2. The third-order valence-corrected chi connectivity index (χ3v) is 4.51. The van der Waals surface area contributed by atoms with Crippen LogP contribution in [0.4, 0.5) is 0 Å². The second kappa shape index (κ2) is 6.49. The number of hydrogen-bond acceptors (Lipinski definition) is 4. The third kappa shape index (κ3) is 2.59. The van der Waals surface area contributed by atoms with E-state index in [-0.39, 0.29) is 0 Å². The first kappa shape index (κ1) is 16.3. The monoisotopic (exact) mass is 342 g/mol. The molecular weight excluding hydrogens is 328 g/mol. The van der Waals surface area contributed by atoms with Crippen molar-refractivity contribution in [1.82, 2.24) is 0 Å². The van der Waals surface area contributed by atoms with Gasteiger partial charge in [-0.05, 0) is 11.1 Å². The van der Waals surface area contributed by atoms with Crippen molar-refractivity contribution in [3.05, 3.63) is 77.9 Å². The second-order valence-electron chi connectivity index (χ2n) is 5.34. The molecule has 4 nitrogen and oxygen atoms in total. The molecule has 0 aromatic heterocycles. The summed E-state index contributed by atoms with van der Waals surface area (Å²) in [5.74, 6) is -1.36. The van der Waals surface area contributed by atoms with Crippen LogP contribution in [-0.2, 0) is 24.7 Å². The fourth-order valence-electron chi connectivity index (χ4n) is 2.82. The van der Waals surface area contributed by atoms with Crippen LogP contribution in [0.25, 0.3) is 5.57 Å². The van der Waals surface area contributed by atoms with Gasteiger partial charge in [0.2, 0.25) is 0 Å². The van der Waals surface area contributed by atoms with Crippen molar-refractivity contribution in [3.8, 4) is 0 Å². The molecule has 1 aliphatic heterocycles. The average Bonchev–Trinajstić information content (AvgIpc) is 2.64. The number of esters is 2. The van der Waals surface area contributed by atoms with Crippen molar-refractivity contribution < 1.29 is 19.1 Å². The van der Waals surface area contributed by atoms with Gasteiger partial charge in [0.15, 0.2) is 0 Å². The molecule has 2 aromatic rings. The van der Waals surface area contributed by atoms with Gasteiger partial charge in [-0.1, -0.05) is 60.7 Å². The highest BCUT2D eigenvalue weighted by molar-refractivity contribution is 6.30. The molecule has 2 aromatic carbocycles. The molecule has 0 unspecified atom stereocenters. The first-order valence-corrected chi connectivity index (χ1v) is 7.81. The van der Waals surface area contributed by atoms with E-state index < -0.39 is 22.9 Å². The van der Waals surface area contributed by atoms with Gasteiger partial charge in [-0.2, -0.15) is 0 Å². The fraction of sp³-hybridized carbons (Fsp3) is 0.158. The summed E-state index contributed by atoms with van der Waals surface area (Å²) in [6.07, 6.45) is 1.32. The molecule has 2 atom stereocenters. The molecule has 0 fully saturated rings. The van der Waals surface area contributed by atoms with Gasteiger partial charge in [-0.15, -0.1) is 11.6 Å². The van der Waals surface area contributed by atoms with Gasteiger partial charge in [0.05, 0.1) is 7.11 Å². The quantitative estimate of drug-likeness (QED) is 0.634. The molecule has 5 heteroatoms. The summed E-state index contributed by atoms with van der Waals surface area (Å²) in [4.78, 5) is 24.8. The van der Waals surface area contributed by atoms with Crippen LogP contribution in [0.2, 0.25) is 0 Å². The highest BCUT2D eigenvalue weighted by atomic mass is 35.5. The first-order valence-electron chi connectivity index (χ1n) is 7.37. The number of halogens is 1. The summed E-state index contributed by atoms with van der Waals surface area (Å²) in [6.45, 7) is 0. The Labute approximate surface area is 144 Å². The van der Waals surface area contributed by atoms with Gasteiger partial charge in [0.25, 0.3) is 5.60 Å². The molecule has 122 valence electrons. The molecule has 3 rings (SSSR count). The summed E-state index contributed by atoms with van der Waals surface area (Å²) < 4.78 is 10.4. The van der Waals surface area contributed by atoms with Crippen LogP contribution >= 0.6 is 11.6 Å². The molecule has 0 aliphatic carbocycles. The van der Waals surface area contributed by atoms with Gasteiger partial charge in [0.1, 0.15) is 5.38 Å². The average molecular weight is 343 g/mol. The van der Waals surface area contributed by atoms with Crippen LogP contribution in [-0.4, -0.2) is 24.4 Å². The van der Waals surface area contributed by atoms with Crippen molar-refractivity contribution >= 4 is 29.1 Å². The molecule has 0 amide bonds. The maximum atomic E-state index is 12.6. The predicted molar refractivity (Wildman–Crippen MR) is 90.3 cm³/mol. The smallest absolute Gasteiger partial charge is 0.357 e. The highest BCUT2D eigenvalue weighted by Crippen LogP contribution is 2.44. The number of cyclic esters (lactones) is 1. The SMILES string of the molecule is COC(=O)[C@]1(c2ccccc2)OC(=O)C=C(c2ccccc2)[C@H]1Cl. The number of carbonyl (C=O) groups excluding carboxylic acids is 2. The largest absolute Gasteiger partial charge is 0.466 e. The fourth-order valence-corrected chi connectivity index (χ4v) is 3.27. The lowest BCUT2D eigenvalue weighted by Crippen LogP contribution is -2.51. The topological polar surface area (TPSA) is 52.6 Å². The maximum Gasteiger partial charge on any atom is 0.357 e. The van der Waals surface area contributed by atoms with E-state index >= 15 is 0 Å². The minimum Gasteiger partial charge on any atom is -0.466 e. The van der Waals surface area contributed by atoms with E-state index in [0.717, 1.165) is 5.56 Å². The zero-order valence-electron chi connectivity index (χ0n) is 12.9. The van der Waals surface area contributed by atoms with Gasteiger partial charge in [-0.3, -0.25) is 0 Å². The molecular formula is C19H15ClO4. The zero-order chi connectivity index (χ0) is 17.2. The van der Waals surface area contributed by atoms with Crippen molar-refractivity contribution in [2.75, 3.05) is 7.11 Å². The molecule has 0 radical (unpaired) electrons. The number of hydrogen-bond donors (Lipinski definition) is 0. The lowest BCUT2D eigenvalue weighted by molar-refractivity contribution is -0.179. The lowest BCUT2D eigenvalue weighted by atomic mass is 9.82. The highest BCUT2D eigenvalue weighted by Gasteiger charge is 2.55. The Morgan fingerprint density at radius 1 is 1.08 bits per heavy atom. The van der Waals surface area contributed by atoms with Crippen LogP contribution in [0, 0.1) is 0 Å². The van der Waals surface area contributed by atoms with E-state index in [4.69, 9.17) is 21.1 Å². The molecule has 0 N–H and O–H groups in total. The maximum absolute atomic E-state index is 12.6. The molecule has 24 heavy (non-hydrogen) atoms. The molecule has 0 bridgehead atoms. The Balaban J connectivity index is 2.19. The number of alkyl halides is 1. The van der Waals surface area contributed by atoms with Gasteiger partial charge >= 0.3 is 11.9 Å². The summed E-state index contributed by atoms with van der Waals surface area (Å²) in [6, 6.07) is 17.9. The summed E-state index contributed by atoms with van der Waals surface area (Å²) in [7, 11) is 1.24. The predicted octanol–water partition coefficient (Wildman–Crippen LogP) is 3.30. The molecule has 0 saturated carbocycles.